The normalized spacial score (nSPS) is 15.9. The second kappa shape index (κ2) is 9.73. The molecule has 1 saturated carbocycles. The number of H-pyrrole nitrogens is 1. The first-order chi connectivity index (χ1) is 13.7. The van der Waals surface area contributed by atoms with Crippen molar-refractivity contribution in [1.29, 1.82) is 0 Å². The predicted octanol–water partition coefficient (Wildman–Crippen LogP) is 3.68. The minimum atomic E-state index is 0.322. The van der Waals surface area contributed by atoms with Gasteiger partial charge in [0.1, 0.15) is 5.82 Å². The van der Waals surface area contributed by atoms with Gasteiger partial charge in [-0.25, -0.2) is 4.98 Å². The van der Waals surface area contributed by atoms with Gasteiger partial charge in [0.05, 0.1) is 18.4 Å². The molecule has 0 saturated heterocycles. The van der Waals surface area contributed by atoms with E-state index in [-0.39, 0.29) is 0 Å². The van der Waals surface area contributed by atoms with Crippen molar-refractivity contribution in [2.24, 2.45) is 10.4 Å². The van der Waals surface area contributed by atoms with E-state index in [1.807, 2.05) is 24.4 Å². The summed E-state index contributed by atoms with van der Waals surface area (Å²) in [4.78, 5) is 15.1. The van der Waals surface area contributed by atoms with Gasteiger partial charge in [0.2, 0.25) is 0 Å². The first kappa shape index (κ1) is 20.4. The van der Waals surface area contributed by atoms with Crippen molar-refractivity contribution in [3.05, 3.63) is 42.4 Å². The molecule has 0 amide bonds. The third kappa shape index (κ3) is 5.13. The molecule has 0 aliphatic heterocycles. The number of nitrogens with one attached hydrogen (secondary N) is 2. The maximum Gasteiger partial charge on any atom is 0.194 e. The van der Waals surface area contributed by atoms with Crippen molar-refractivity contribution in [2.75, 3.05) is 33.9 Å². The Morgan fingerprint density at radius 3 is 2.75 bits per heavy atom. The van der Waals surface area contributed by atoms with Gasteiger partial charge in [-0.15, -0.1) is 0 Å². The van der Waals surface area contributed by atoms with Gasteiger partial charge in [-0.2, -0.15) is 0 Å². The Labute approximate surface area is 168 Å². The number of guanidine groups is 1. The molecule has 0 atom stereocenters. The SMILES string of the molecule is CCNC(=NCC1(CCOC)CCC1)N(C)Cc1ncc(-c2ccccc2)[nH]1. The lowest BCUT2D eigenvalue weighted by molar-refractivity contribution is 0.0776. The number of aromatic amines is 1. The Bertz CT molecular complexity index is 751. The molecule has 2 N–H and O–H groups in total. The van der Waals surface area contributed by atoms with Gasteiger partial charge in [0, 0.05) is 33.9 Å². The molecule has 3 rings (SSSR count). The third-order valence-electron chi connectivity index (χ3n) is 5.61. The van der Waals surface area contributed by atoms with Crippen molar-refractivity contribution in [3.8, 4) is 11.3 Å². The molecule has 1 aliphatic carbocycles. The number of hydrogen-bond acceptors (Lipinski definition) is 3. The topological polar surface area (TPSA) is 65.5 Å². The number of benzene rings is 1. The van der Waals surface area contributed by atoms with Crippen LogP contribution in [0.2, 0.25) is 0 Å². The van der Waals surface area contributed by atoms with E-state index >= 15 is 0 Å². The molecule has 1 aromatic carbocycles. The summed E-state index contributed by atoms with van der Waals surface area (Å²) in [6.07, 6.45) is 6.80. The van der Waals surface area contributed by atoms with Crippen molar-refractivity contribution in [2.45, 2.75) is 39.2 Å². The fourth-order valence-electron chi connectivity index (χ4n) is 3.70. The van der Waals surface area contributed by atoms with E-state index in [9.17, 15) is 0 Å². The molecule has 1 heterocycles. The summed E-state index contributed by atoms with van der Waals surface area (Å²) in [6.45, 7) is 5.31. The van der Waals surface area contributed by atoms with Gasteiger partial charge in [0.15, 0.2) is 5.96 Å². The van der Waals surface area contributed by atoms with E-state index in [2.05, 4.69) is 46.3 Å². The molecule has 0 bridgehead atoms. The van der Waals surface area contributed by atoms with Crippen LogP contribution >= 0.6 is 0 Å². The first-order valence-electron chi connectivity index (χ1n) is 10.2. The Morgan fingerprint density at radius 2 is 2.11 bits per heavy atom. The maximum absolute atomic E-state index is 5.31. The van der Waals surface area contributed by atoms with Crippen molar-refractivity contribution in [1.82, 2.24) is 20.2 Å². The number of imidazole rings is 1. The van der Waals surface area contributed by atoms with E-state index in [4.69, 9.17) is 9.73 Å². The third-order valence-corrected chi connectivity index (χ3v) is 5.61. The van der Waals surface area contributed by atoms with Crippen molar-refractivity contribution < 1.29 is 4.74 Å². The van der Waals surface area contributed by atoms with Crippen LogP contribution in [0.4, 0.5) is 0 Å². The summed E-state index contributed by atoms with van der Waals surface area (Å²) in [5.74, 6) is 1.87. The van der Waals surface area contributed by atoms with Crippen molar-refractivity contribution >= 4 is 5.96 Å². The summed E-state index contributed by atoms with van der Waals surface area (Å²) < 4.78 is 5.31. The highest BCUT2D eigenvalue weighted by Gasteiger charge is 2.36. The minimum absolute atomic E-state index is 0.322. The molecule has 1 aromatic heterocycles. The van der Waals surface area contributed by atoms with Gasteiger partial charge in [-0.1, -0.05) is 36.8 Å². The van der Waals surface area contributed by atoms with E-state index in [1.165, 1.54) is 19.3 Å². The van der Waals surface area contributed by atoms with Gasteiger partial charge < -0.3 is 19.9 Å². The lowest BCUT2D eigenvalue weighted by Gasteiger charge is -2.41. The molecule has 6 heteroatoms. The van der Waals surface area contributed by atoms with Gasteiger partial charge in [-0.05, 0) is 37.2 Å². The maximum atomic E-state index is 5.31. The van der Waals surface area contributed by atoms with Crippen LogP contribution in [-0.2, 0) is 11.3 Å². The molecule has 152 valence electrons. The van der Waals surface area contributed by atoms with Crippen molar-refractivity contribution in [3.63, 3.8) is 0 Å². The quantitative estimate of drug-likeness (QED) is 0.512. The molecule has 28 heavy (non-hydrogen) atoms. The van der Waals surface area contributed by atoms with E-state index in [0.717, 1.165) is 49.2 Å². The second-order valence-corrected chi connectivity index (χ2v) is 7.73. The molecule has 0 spiro atoms. The zero-order valence-corrected chi connectivity index (χ0v) is 17.4. The molecule has 1 aliphatic rings. The standard InChI is InChI=1S/C22H33N5O/c1-4-23-21(25-17-22(11-8-12-22)13-14-28-3)27(2)16-20-24-15-19(26-20)18-9-6-5-7-10-18/h5-7,9-10,15H,4,8,11-14,16-17H2,1-3H3,(H,23,25)(H,24,26). The number of ether oxygens (including phenoxy) is 1. The smallest absolute Gasteiger partial charge is 0.194 e. The highest BCUT2D eigenvalue weighted by molar-refractivity contribution is 5.79. The summed E-state index contributed by atoms with van der Waals surface area (Å²) in [6, 6.07) is 10.3. The monoisotopic (exact) mass is 383 g/mol. The van der Waals surface area contributed by atoms with E-state index < -0.39 is 0 Å². The minimum Gasteiger partial charge on any atom is -0.385 e. The summed E-state index contributed by atoms with van der Waals surface area (Å²) >= 11 is 0. The highest BCUT2D eigenvalue weighted by atomic mass is 16.5. The van der Waals surface area contributed by atoms with Crippen LogP contribution in [0.3, 0.4) is 0 Å². The second-order valence-electron chi connectivity index (χ2n) is 7.73. The largest absolute Gasteiger partial charge is 0.385 e. The number of aliphatic imine (C=N–C) groups is 1. The number of rotatable bonds is 9. The van der Waals surface area contributed by atoms with Crippen LogP contribution < -0.4 is 5.32 Å². The number of methoxy groups -OCH3 is 1. The van der Waals surface area contributed by atoms with Crippen LogP contribution in [0.15, 0.2) is 41.5 Å². The zero-order chi connectivity index (χ0) is 19.8. The fraction of sp³-hybridized carbons (Fsp3) is 0.545. The molecule has 2 aromatic rings. The number of aromatic nitrogens is 2. The Morgan fingerprint density at radius 1 is 1.32 bits per heavy atom. The molecule has 0 radical (unpaired) electrons. The van der Waals surface area contributed by atoms with Crippen LogP contribution in [-0.4, -0.2) is 54.7 Å². The Kier molecular flexibility index (Phi) is 7.09. The number of nitrogens with zero attached hydrogens (tertiary/aromatic N) is 3. The van der Waals surface area contributed by atoms with Crippen LogP contribution in [0.1, 0.15) is 38.4 Å². The summed E-state index contributed by atoms with van der Waals surface area (Å²) in [5.41, 5.74) is 2.51. The van der Waals surface area contributed by atoms with Gasteiger partial charge in [-0.3, -0.25) is 4.99 Å². The van der Waals surface area contributed by atoms with Gasteiger partial charge in [0.25, 0.3) is 0 Å². The Balaban J connectivity index is 1.64. The summed E-state index contributed by atoms with van der Waals surface area (Å²) in [5, 5.41) is 3.42. The summed E-state index contributed by atoms with van der Waals surface area (Å²) in [7, 11) is 3.84. The lowest BCUT2D eigenvalue weighted by Crippen LogP contribution is -2.41. The fourth-order valence-corrected chi connectivity index (χ4v) is 3.70. The number of hydrogen-bond donors (Lipinski definition) is 2. The lowest BCUT2D eigenvalue weighted by atomic mass is 9.67. The van der Waals surface area contributed by atoms with Crippen LogP contribution in [0, 0.1) is 5.41 Å². The molecular formula is C22H33N5O. The molecule has 1 fully saturated rings. The zero-order valence-electron chi connectivity index (χ0n) is 17.4. The van der Waals surface area contributed by atoms with Gasteiger partial charge >= 0.3 is 0 Å². The predicted molar refractivity (Wildman–Crippen MR) is 114 cm³/mol. The first-order valence-corrected chi connectivity index (χ1v) is 10.2. The average Bonchev–Trinajstić information content (AvgIpc) is 3.15. The molecule has 0 unspecified atom stereocenters. The highest BCUT2D eigenvalue weighted by Crippen LogP contribution is 2.44. The average molecular weight is 384 g/mol. The van der Waals surface area contributed by atoms with E-state index in [1.54, 1.807) is 7.11 Å². The Hall–Kier alpha value is -2.34. The van der Waals surface area contributed by atoms with Crippen LogP contribution in [0.25, 0.3) is 11.3 Å². The molecular weight excluding hydrogens is 350 g/mol. The van der Waals surface area contributed by atoms with E-state index in [0.29, 0.717) is 12.0 Å². The van der Waals surface area contributed by atoms with Crippen LogP contribution in [0.5, 0.6) is 0 Å². The molecule has 6 nitrogen and oxygen atoms in total.